The summed E-state index contributed by atoms with van der Waals surface area (Å²) in [6.07, 6.45) is -0.836. The summed E-state index contributed by atoms with van der Waals surface area (Å²) in [7, 11) is 0. The molecule has 0 spiro atoms. The lowest BCUT2D eigenvalue weighted by Gasteiger charge is -2.07. The highest BCUT2D eigenvalue weighted by Crippen LogP contribution is 2.08. The average Bonchev–Trinajstić information content (AvgIpc) is 2.33. The quantitative estimate of drug-likeness (QED) is 0.522. The minimum Gasteiger partial charge on any atom is -0.479 e. The number of aliphatic carboxylic acids is 1. The number of amides is 1. The maximum Gasteiger partial charge on any atom is 0.334 e. The number of benzene rings is 1. The lowest BCUT2D eigenvalue weighted by atomic mass is 10.1. The highest BCUT2D eigenvalue weighted by atomic mass is 16.4. The number of nitrogens with two attached hydrogens (primary N) is 1. The van der Waals surface area contributed by atoms with Gasteiger partial charge in [-0.2, -0.15) is 0 Å². The van der Waals surface area contributed by atoms with Gasteiger partial charge in [-0.3, -0.25) is 4.79 Å². The van der Waals surface area contributed by atoms with Gasteiger partial charge in [0.15, 0.2) is 6.10 Å². The summed E-state index contributed by atoms with van der Waals surface area (Å²) in [5.41, 5.74) is 7.17. The summed E-state index contributed by atoms with van der Waals surface area (Å²) >= 11 is 0. The van der Waals surface area contributed by atoms with Crippen molar-refractivity contribution in [1.29, 1.82) is 0 Å². The van der Waals surface area contributed by atoms with Gasteiger partial charge in [0.25, 0.3) is 0 Å². The lowest BCUT2D eigenvalue weighted by molar-refractivity contribution is -0.146. The second kappa shape index (κ2) is 6.61. The van der Waals surface area contributed by atoms with Crippen LogP contribution in [0.4, 0.5) is 5.69 Å². The first-order valence-electron chi connectivity index (χ1n) is 5.51. The molecule has 0 saturated carbocycles. The normalized spacial score (nSPS) is 11.8. The van der Waals surface area contributed by atoms with E-state index >= 15 is 0 Å². The van der Waals surface area contributed by atoms with Gasteiger partial charge in [0.1, 0.15) is 0 Å². The molecule has 1 atom stereocenters. The van der Waals surface area contributed by atoms with Gasteiger partial charge in [-0.1, -0.05) is 12.1 Å². The first-order valence-corrected chi connectivity index (χ1v) is 5.51. The molecular formula is C12H16N2O4. The Hall–Kier alpha value is -2.08. The molecule has 0 aliphatic carbocycles. The van der Waals surface area contributed by atoms with E-state index in [9.17, 15) is 9.59 Å². The van der Waals surface area contributed by atoms with Crippen molar-refractivity contribution in [2.24, 2.45) is 0 Å². The molecule has 1 rings (SSSR count). The van der Waals surface area contributed by atoms with Crippen molar-refractivity contribution in [1.82, 2.24) is 5.32 Å². The van der Waals surface area contributed by atoms with Gasteiger partial charge in [0, 0.05) is 12.1 Å². The Morgan fingerprint density at radius 2 is 2.11 bits per heavy atom. The highest BCUT2D eigenvalue weighted by molar-refractivity contribution is 5.78. The second-order valence-electron chi connectivity index (χ2n) is 3.90. The molecule has 1 aromatic rings. The molecule has 98 valence electrons. The minimum absolute atomic E-state index is 0.218. The van der Waals surface area contributed by atoms with E-state index in [1.54, 1.807) is 18.2 Å². The molecule has 18 heavy (non-hydrogen) atoms. The van der Waals surface area contributed by atoms with Crippen molar-refractivity contribution in [2.75, 3.05) is 12.3 Å². The zero-order valence-corrected chi connectivity index (χ0v) is 9.80. The topological polar surface area (TPSA) is 113 Å². The number of carbonyl (C=O) groups excluding carboxylic acids is 1. The predicted octanol–water partition coefficient (Wildman–Crippen LogP) is -0.237. The third-order valence-electron chi connectivity index (χ3n) is 2.37. The predicted molar refractivity (Wildman–Crippen MR) is 65.8 cm³/mol. The van der Waals surface area contributed by atoms with Gasteiger partial charge in [0.2, 0.25) is 5.91 Å². The minimum atomic E-state index is -1.57. The zero-order chi connectivity index (χ0) is 13.5. The molecule has 6 nitrogen and oxygen atoms in total. The Balaban J connectivity index is 2.31. The van der Waals surface area contributed by atoms with E-state index in [4.69, 9.17) is 15.9 Å². The molecule has 1 amide bonds. The van der Waals surface area contributed by atoms with Crippen LogP contribution in [0.1, 0.15) is 12.0 Å². The fourth-order valence-electron chi connectivity index (χ4n) is 1.39. The third-order valence-corrected chi connectivity index (χ3v) is 2.37. The number of hydrogen-bond donors (Lipinski definition) is 4. The van der Waals surface area contributed by atoms with Crippen LogP contribution in [0.2, 0.25) is 0 Å². The number of nitrogens with one attached hydrogen (secondary N) is 1. The van der Waals surface area contributed by atoms with Crippen LogP contribution in [-0.2, 0) is 16.0 Å². The first-order chi connectivity index (χ1) is 8.49. The van der Waals surface area contributed by atoms with E-state index in [1.165, 1.54) is 0 Å². The van der Waals surface area contributed by atoms with E-state index in [0.29, 0.717) is 12.1 Å². The summed E-state index contributed by atoms with van der Waals surface area (Å²) in [6, 6.07) is 7.19. The molecule has 1 aromatic carbocycles. The first kappa shape index (κ1) is 14.0. The van der Waals surface area contributed by atoms with Crippen LogP contribution in [0.3, 0.4) is 0 Å². The van der Waals surface area contributed by atoms with Crippen LogP contribution in [0, 0.1) is 0 Å². The highest BCUT2D eigenvalue weighted by Gasteiger charge is 2.13. The molecule has 0 fully saturated rings. The molecule has 6 heteroatoms. The molecule has 0 aromatic heterocycles. The maximum absolute atomic E-state index is 11.4. The molecule has 0 radical (unpaired) electrons. The summed E-state index contributed by atoms with van der Waals surface area (Å²) < 4.78 is 0. The molecule has 0 saturated heterocycles. The average molecular weight is 252 g/mol. The number of carboxylic acid groups (broad SMARTS) is 1. The van der Waals surface area contributed by atoms with E-state index in [1.807, 2.05) is 6.07 Å². The van der Waals surface area contributed by atoms with Gasteiger partial charge < -0.3 is 21.3 Å². The largest absolute Gasteiger partial charge is 0.479 e. The van der Waals surface area contributed by atoms with E-state index in [2.05, 4.69) is 5.32 Å². The zero-order valence-electron chi connectivity index (χ0n) is 9.80. The van der Waals surface area contributed by atoms with Gasteiger partial charge in [-0.15, -0.1) is 0 Å². The van der Waals surface area contributed by atoms with Crippen molar-refractivity contribution in [3.8, 4) is 0 Å². The van der Waals surface area contributed by atoms with Crippen molar-refractivity contribution in [3.05, 3.63) is 29.8 Å². The Morgan fingerprint density at radius 3 is 2.72 bits per heavy atom. The van der Waals surface area contributed by atoms with Crippen LogP contribution in [0.25, 0.3) is 0 Å². The summed E-state index contributed by atoms with van der Waals surface area (Å²) in [5, 5.41) is 19.7. The van der Waals surface area contributed by atoms with E-state index < -0.39 is 12.1 Å². The SMILES string of the molecule is Nc1cccc(CCC(=O)NCC(O)C(=O)O)c1. The Kier molecular flexibility index (Phi) is 5.13. The van der Waals surface area contributed by atoms with Crippen molar-refractivity contribution >= 4 is 17.6 Å². The van der Waals surface area contributed by atoms with Gasteiger partial charge in [-0.25, -0.2) is 4.79 Å². The molecule has 1 unspecified atom stereocenters. The summed E-state index contributed by atoms with van der Waals surface area (Å²) in [4.78, 5) is 21.7. The number of carboxylic acids is 1. The van der Waals surface area contributed by atoms with E-state index in [0.717, 1.165) is 5.56 Å². The smallest absolute Gasteiger partial charge is 0.334 e. The summed E-state index contributed by atoms with van der Waals surface area (Å²) in [6.45, 7) is -0.287. The van der Waals surface area contributed by atoms with Crippen molar-refractivity contribution in [3.63, 3.8) is 0 Å². The number of aliphatic hydroxyl groups excluding tert-OH is 1. The monoisotopic (exact) mass is 252 g/mol. The Morgan fingerprint density at radius 1 is 1.39 bits per heavy atom. The fourth-order valence-corrected chi connectivity index (χ4v) is 1.39. The molecule has 5 N–H and O–H groups in total. The number of hydrogen-bond acceptors (Lipinski definition) is 4. The van der Waals surface area contributed by atoms with Crippen molar-refractivity contribution in [2.45, 2.75) is 18.9 Å². The third kappa shape index (κ3) is 4.84. The molecular weight excluding hydrogens is 236 g/mol. The van der Waals surface area contributed by atoms with Crippen LogP contribution in [-0.4, -0.2) is 34.7 Å². The number of aliphatic hydroxyl groups is 1. The van der Waals surface area contributed by atoms with Gasteiger partial charge in [-0.05, 0) is 24.1 Å². The van der Waals surface area contributed by atoms with Crippen LogP contribution in [0.5, 0.6) is 0 Å². The van der Waals surface area contributed by atoms with Crippen LogP contribution < -0.4 is 11.1 Å². The number of carbonyl (C=O) groups is 2. The van der Waals surface area contributed by atoms with E-state index in [-0.39, 0.29) is 18.9 Å². The Labute approximate surface area is 104 Å². The second-order valence-corrected chi connectivity index (χ2v) is 3.90. The van der Waals surface area contributed by atoms with Crippen LogP contribution in [0.15, 0.2) is 24.3 Å². The number of anilines is 1. The maximum atomic E-state index is 11.4. The Bertz CT molecular complexity index is 434. The molecule has 0 aliphatic rings. The summed E-state index contributed by atoms with van der Waals surface area (Å²) in [5.74, 6) is -1.66. The number of nitrogen functional groups attached to an aromatic ring is 1. The lowest BCUT2D eigenvalue weighted by Crippen LogP contribution is -2.36. The molecule has 0 bridgehead atoms. The molecule has 0 heterocycles. The van der Waals surface area contributed by atoms with Crippen molar-refractivity contribution < 1.29 is 19.8 Å². The molecule has 0 aliphatic heterocycles. The number of aryl methyl sites for hydroxylation is 1. The van der Waals surface area contributed by atoms with Gasteiger partial charge >= 0.3 is 5.97 Å². The van der Waals surface area contributed by atoms with Crippen LogP contribution >= 0.6 is 0 Å². The fraction of sp³-hybridized carbons (Fsp3) is 0.333. The standard InChI is InChI=1S/C12H16N2O4/c13-9-3-1-2-8(6-9)4-5-11(16)14-7-10(15)12(17)18/h1-3,6,10,15H,4-5,7,13H2,(H,14,16)(H,17,18). The van der Waals surface area contributed by atoms with Gasteiger partial charge in [0.05, 0.1) is 6.54 Å². The number of rotatable bonds is 6.